The van der Waals surface area contributed by atoms with Crippen molar-refractivity contribution in [3.63, 3.8) is 0 Å². The second-order valence-corrected chi connectivity index (χ2v) is 5.50. The van der Waals surface area contributed by atoms with Crippen LogP contribution >= 0.6 is 0 Å². The summed E-state index contributed by atoms with van der Waals surface area (Å²) < 4.78 is 28.7. The summed E-state index contributed by atoms with van der Waals surface area (Å²) in [5.74, 6) is -0.00701. The summed E-state index contributed by atoms with van der Waals surface area (Å²) in [5.41, 5.74) is 0. The smallest absolute Gasteiger partial charge is 0.182 e. The average molecular weight is 242 g/mol. The lowest BCUT2D eigenvalue weighted by atomic mass is 10.3. The lowest BCUT2D eigenvalue weighted by molar-refractivity contribution is -0.116. The highest BCUT2D eigenvalue weighted by Gasteiger charge is 2.19. The molecule has 0 amide bonds. The number of carbonyl (C=O) groups is 1. The number of ether oxygens (including phenoxy) is 1. The van der Waals surface area contributed by atoms with Gasteiger partial charge in [-0.05, 0) is 19.1 Å². The third-order valence-electron chi connectivity index (χ3n) is 2.13. The van der Waals surface area contributed by atoms with E-state index in [0.29, 0.717) is 5.75 Å². The van der Waals surface area contributed by atoms with Gasteiger partial charge in [-0.2, -0.15) is 0 Å². The molecule has 16 heavy (non-hydrogen) atoms. The van der Waals surface area contributed by atoms with Gasteiger partial charge in [0, 0.05) is 6.42 Å². The van der Waals surface area contributed by atoms with Gasteiger partial charge < -0.3 is 4.74 Å². The molecule has 0 saturated heterocycles. The molecule has 0 spiro atoms. The van der Waals surface area contributed by atoms with Crippen molar-refractivity contribution in [1.29, 1.82) is 0 Å². The summed E-state index contributed by atoms with van der Waals surface area (Å²) >= 11 is 0. The molecule has 0 heterocycles. The van der Waals surface area contributed by atoms with E-state index in [1.54, 1.807) is 18.2 Å². The first kappa shape index (κ1) is 12.7. The molecule has 0 unspecified atom stereocenters. The minimum absolute atomic E-state index is 0.0282. The van der Waals surface area contributed by atoms with Crippen LogP contribution < -0.4 is 4.74 Å². The largest absolute Gasteiger partial charge is 0.495 e. The monoisotopic (exact) mass is 242 g/mol. The van der Waals surface area contributed by atoms with Gasteiger partial charge in [-0.15, -0.1) is 0 Å². The van der Waals surface area contributed by atoms with Crippen LogP contribution in [-0.2, 0) is 14.6 Å². The molecule has 0 atom stereocenters. The Morgan fingerprint density at radius 3 is 2.50 bits per heavy atom. The average Bonchev–Trinajstić information content (AvgIpc) is 2.26. The predicted molar refractivity (Wildman–Crippen MR) is 60.3 cm³/mol. The molecule has 1 aromatic carbocycles. The highest BCUT2D eigenvalue weighted by Crippen LogP contribution is 2.24. The van der Waals surface area contributed by atoms with Gasteiger partial charge >= 0.3 is 0 Å². The van der Waals surface area contributed by atoms with Crippen LogP contribution in [0.4, 0.5) is 0 Å². The van der Waals surface area contributed by atoms with E-state index in [9.17, 15) is 13.2 Å². The third kappa shape index (κ3) is 3.06. The molecule has 0 aliphatic rings. The van der Waals surface area contributed by atoms with Crippen molar-refractivity contribution in [3.8, 4) is 5.75 Å². The summed E-state index contributed by atoms with van der Waals surface area (Å²) in [6.45, 7) is 1.37. The van der Waals surface area contributed by atoms with E-state index in [2.05, 4.69) is 0 Å². The molecule has 88 valence electrons. The Kier molecular flexibility index (Phi) is 4.06. The molecule has 0 fully saturated rings. The van der Waals surface area contributed by atoms with Crippen LogP contribution in [0.25, 0.3) is 0 Å². The van der Waals surface area contributed by atoms with Crippen molar-refractivity contribution < 1.29 is 17.9 Å². The number of rotatable bonds is 5. The van der Waals surface area contributed by atoms with Gasteiger partial charge in [-0.25, -0.2) is 8.42 Å². The van der Waals surface area contributed by atoms with Crippen LogP contribution in [0, 0.1) is 0 Å². The van der Waals surface area contributed by atoms with Crippen molar-refractivity contribution in [3.05, 3.63) is 24.3 Å². The quantitative estimate of drug-likeness (QED) is 0.784. The number of sulfone groups is 1. The van der Waals surface area contributed by atoms with Crippen LogP contribution in [0.1, 0.15) is 13.3 Å². The normalized spacial score (nSPS) is 11.1. The number of hydrogen-bond acceptors (Lipinski definition) is 4. The van der Waals surface area contributed by atoms with E-state index in [-0.39, 0.29) is 22.9 Å². The van der Waals surface area contributed by atoms with Crippen LogP contribution in [0.3, 0.4) is 0 Å². The molecule has 0 saturated carbocycles. The van der Waals surface area contributed by atoms with Gasteiger partial charge in [-0.1, -0.05) is 12.1 Å². The third-order valence-corrected chi connectivity index (χ3v) is 3.88. The zero-order valence-corrected chi connectivity index (χ0v) is 10.1. The maximum Gasteiger partial charge on any atom is 0.182 e. The first-order valence-corrected chi connectivity index (χ1v) is 6.48. The van der Waals surface area contributed by atoms with E-state index in [1.165, 1.54) is 20.1 Å². The fourth-order valence-electron chi connectivity index (χ4n) is 1.26. The molecule has 5 heteroatoms. The lowest BCUT2D eigenvalue weighted by Crippen LogP contribution is -2.11. The molecule has 1 aromatic rings. The standard InChI is InChI=1S/C11H14O4S/c1-9(12)7-8-16(13,14)11-6-4-3-5-10(11)15-2/h3-6H,7-8H2,1-2H3. The molecule has 0 aliphatic heterocycles. The highest BCUT2D eigenvalue weighted by atomic mass is 32.2. The second-order valence-electron chi connectivity index (χ2n) is 3.42. The van der Waals surface area contributed by atoms with Crippen molar-refractivity contribution in [2.24, 2.45) is 0 Å². The summed E-state index contributed by atoms with van der Waals surface area (Å²) in [5, 5.41) is 0. The molecular weight excluding hydrogens is 228 g/mol. The van der Waals surface area contributed by atoms with Gasteiger partial charge in [0.25, 0.3) is 0 Å². The van der Waals surface area contributed by atoms with Crippen LogP contribution in [0.5, 0.6) is 5.75 Å². The van der Waals surface area contributed by atoms with Crippen LogP contribution in [0.2, 0.25) is 0 Å². The Bertz CT molecular complexity index is 477. The number of carbonyl (C=O) groups excluding carboxylic acids is 1. The van der Waals surface area contributed by atoms with Crippen LogP contribution in [0.15, 0.2) is 29.2 Å². The van der Waals surface area contributed by atoms with E-state index in [4.69, 9.17) is 4.74 Å². The predicted octanol–water partition coefficient (Wildman–Crippen LogP) is 1.45. The lowest BCUT2D eigenvalue weighted by Gasteiger charge is -2.08. The minimum Gasteiger partial charge on any atom is -0.495 e. The summed E-state index contributed by atoms with van der Waals surface area (Å²) in [4.78, 5) is 10.9. The van der Waals surface area contributed by atoms with E-state index in [1.807, 2.05) is 0 Å². The number of methoxy groups -OCH3 is 1. The Balaban J connectivity index is 3.02. The van der Waals surface area contributed by atoms with Gasteiger partial charge in [-0.3, -0.25) is 4.79 Å². The molecular formula is C11H14O4S. The molecule has 0 aliphatic carbocycles. The van der Waals surface area contributed by atoms with Crippen molar-refractivity contribution in [1.82, 2.24) is 0 Å². The van der Waals surface area contributed by atoms with Crippen molar-refractivity contribution in [2.75, 3.05) is 12.9 Å². The fraction of sp³-hybridized carbons (Fsp3) is 0.364. The van der Waals surface area contributed by atoms with Crippen molar-refractivity contribution in [2.45, 2.75) is 18.2 Å². The molecule has 0 N–H and O–H groups in total. The van der Waals surface area contributed by atoms with E-state index >= 15 is 0 Å². The zero-order valence-electron chi connectivity index (χ0n) is 9.26. The Morgan fingerprint density at radius 1 is 1.31 bits per heavy atom. The molecule has 0 bridgehead atoms. The first-order valence-electron chi connectivity index (χ1n) is 4.82. The van der Waals surface area contributed by atoms with E-state index < -0.39 is 9.84 Å². The number of ketones is 1. The van der Waals surface area contributed by atoms with Gasteiger partial charge in [0.05, 0.1) is 12.9 Å². The van der Waals surface area contributed by atoms with Crippen LogP contribution in [-0.4, -0.2) is 27.1 Å². The molecule has 4 nitrogen and oxygen atoms in total. The summed E-state index contributed by atoms with van der Waals surface area (Å²) in [6.07, 6.45) is 0.0282. The first-order chi connectivity index (χ1) is 7.47. The molecule has 0 radical (unpaired) electrons. The summed E-state index contributed by atoms with van der Waals surface area (Å²) in [7, 11) is -2.03. The Morgan fingerprint density at radius 2 is 1.94 bits per heavy atom. The fourth-order valence-corrected chi connectivity index (χ4v) is 2.78. The number of hydrogen-bond donors (Lipinski definition) is 0. The number of Topliss-reactive ketones (excluding diaryl/α,β-unsaturated/α-hetero) is 1. The second kappa shape index (κ2) is 5.12. The Labute approximate surface area is 95.2 Å². The zero-order chi connectivity index (χ0) is 12.2. The maximum atomic E-state index is 11.9. The van der Waals surface area contributed by atoms with Crippen molar-refractivity contribution >= 4 is 15.6 Å². The minimum atomic E-state index is -3.44. The number of para-hydroxylation sites is 1. The SMILES string of the molecule is COc1ccccc1S(=O)(=O)CCC(C)=O. The van der Waals surface area contributed by atoms with Gasteiger partial charge in [0.1, 0.15) is 16.4 Å². The van der Waals surface area contributed by atoms with Gasteiger partial charge in [0.15, 0.2) is 9.84 Å². The maximum absolute atomic E-state index is 11.9. The molecule has 1 rings (SSSR count). The van der Waals surface area contributed by atoms with Gasteiger partial charge in [0.2, 0.25) is 0 Å². The molecule has 0 aromatic heterocycles. The topological polar surface area (TPSA) is 60.4 Å². The highest BCUT2D eigenvalue weighted by molar-refractivity contribution is 7.91. The summed E-state index contributed by atoms with van der Waals surface area (Å²) in [6, 6.07) is 6.39. The van der Waals surface area contributed by atoms with E-state index in [0.717, 1.165) is 0 Å². The number of benzene rings is 1. The Hall–Kier alpha value is -1.36.